The number of ether oxygens (including phenoxy) is 1. The van der Waals surface area contributed by atoms with E-state index in [1.807, 2.05) is 44.2 Å². The molecule has 0 aromatic heterocycles. The molecule has 0 saturated heterocycles. The van der Waals surface area contributed by atoms with Crippen LogP contribution in [-0.4, -0.2) is 19.3 Å². The monoisotopic (exact) mass is 175 g/mol. The minimum atomic E-state index is -0.291. The van der Waals surface area contributed by atoms with Gasteiger partial charge < -0.3 is 4.74 Å². The van der Waals surface area contributed by atoms with Gasteiger partial charge in [0, 0.05) is 0 Å². The first-order valence-electron chi connectivity index (χ1n) is 4.29. The van der Waals surface area contributed by atoms with Crippen molar-refractivity contribution in [3.63, 3.8) is 0 Å². The summed E-state index contributed by atoms with van der Waals surface area (Å²) in [4.78, 5) is 11.1. The fourth-order valence-electron chi connectivity index (χ4n) is 0.952. The van der Waals surface area contributed by atoms with Crippen LogP contribution in [0.2, 0.25) is 0 Å². The number of rotatable bonds is 3. The molecule has 0 bridgehead atoms. The number of carbonyl (C=O) groups is 1. The average molecular weight is 175 g/mol. The Hall–Kier alpha value is -1.25. The van der Waals surface area contributed by atoms with Gasteiger partial charge in [-0.15, -0.1) is 0 Å². The van der Waals surface area contributed by atoms with Gasteiger partial charge >= 0.3 is 0 Å². The average Bonchev–Trinajstić information content (AvgIpc) is 2.04. The molecule has 0 atom stereocenters. The van der Waals surface area contributed by atoms with Crippen molar-refractivity contribution in [2.24, 2.45) is 0 Å². The van der Waals surface area contributed by atoms with E-state index in [0.717, 1.165) is 5.46 Å². The van der Waals surface area contributed by atoms with E-state index in [2.05, 4.69) is 0 Å². The van der Waals surface area contributed by atoms with Crippen molar-refractivity contribution in [3.8, 4) is 0 Å². The van der Waals surface area contributed by atoms with Gasteiger partial charge in [0.05, 0.1) is 6.10 Å². The smallest absolute Gasteiger partial charge is 0.299 e. The van der Waals surface area contributed by atoms with Gasteiger partial charge in [-0.25, -0.2) is 0 Å². The fraction of sp³-hybridized carbons (Fsp3) is 0.300. The first-order valence-corrected chi connectivity index (χ1v) is 4.29. The topological polar surface area (TPSA) is 26.3 Å². The van der Waals surface area contributed by atoms with Crippen LogP contribution in [0.4, 0.5) is 4.79 Å². The van der Waals surface area contributed by atoms with Crippen LogP contribution in [-0.2, 0) is 4.74 Å². The quantitative estimate of drug-likeness (QED) is 0.651. The van der Waals surface area contributed by atoms with E-state index in [0.29, 0.717) is 0 Å². The summed E-state index contributed by atoms with van der Waals surface area (Å²) in [6.45, 7) is 3.66. The van der Waals surface area contributed by atoms with Crippen molar-refractivity contribution < 1.29 is 9.53 Å². The summed E-state index contributed by atoms with van der Waals surface area (Å²) < 4.78 is 4.96. The molecule has 3 heteroatoms. The summed E-state index contributed by atoms with van der Waals surface area (Å²) in [7, 11) is 1.49. The first kappa shape index (κ1) is 9.84. The second kappa shape index (κ2) is 4.70. The van der Waals surface area contributed by atoms with Crippen LogP contribution in [0.15, 0.2) is 30.3 Å². The third kappa shape index (κ3) is 3.79. The Bertz CT molecular complexity index is 270. The van der Waals surface area contributed by atoms with Crippen molar-refractivity contribution in [1.82, 2.24) is 0 Å². The van der Waals surface area contributed by atoms with Gasteiger partial charge in [-0.3, -0.25) is 4.79 Å². The number of hydrogen-bond donors (Lipinski definition) is 0. The molecule has 13 heavy (non-hydrogen) atoms. The van der Waals surface area contributed by atoms with Gasteiger partial charge in [0.2, 0.25) is 0 Å². The molecule has 0 spiro atoms. The van der Waals surface area contributed by atoms with E-state index in [4.69, 9.17) is 4.74 Å². The van der Waals surface area contributed by atoms with Crippen LogP contribution < -0.4 is 5.46 Å². The molecule has 1 aromatic carbocycles. The second-order valence-corrected chi connectivity index (χ2v) is 3.04. The van der Waals surface area contributed by atoms with Crippen LogP contribution in [0.5, 0.6) is 0 Å². The Kier molecular flexibility index (Phi) is 3.56. The highest BCUT2D eigenvalue weighted by molar-refractivity contribution is 6.82. The van der Waals surface area contributed by atoms with Crippen molar-refractivity contribution >= 4 is 18.6 Å². The number of benzene rings is 1. The highest BCUT2D eigenvalue weighted by Gasteiger charge is 2.08. The summed E-state index contributed by atoms with van der Waals surface area (Å²) in [5.41, 5.74) is 0.869. The lowest BCUT2D eigenvalue weighted by atomic mass is 9.70. The molecule has 0 aliphatic heterocycles. The second-order valence-electron chi connectivity index (χ2n) is 3.04. The predicted octanol–water partition coefficient (Wildman–Crippen LogP) is 1.56. The highest BCUT2D eigenvalue weighted by atomic mass is 16.5. The largest absolute Gasteiger partial charge is 0.471 e. The van der Waals surface area contributed by atoms with E-state index < -0.39 is 0 Å². The highest BCUT2D eigenvalue weighted by Crippen LogP contribution is 1.90. The molecule has 67 valence electrons. The van der Waals surface area contributed by atoms with E-state index in [-0.39, 0.29) is 12.0 Å². The third-order valence-electron chi connectivity index (χ3n) is 1.44. The lowest BCUT2D eigenvalue weighted by Gasteiger charge is -2.06. The fourth-order valence-corrected chi connectivity index (χ4v) is 0.952. The van der Waals surface area contributed by atoms with Crippen LogP contribution in [0.3, 0.4) is 0 Å². The molecular formula is C10H12BO2. The number of hydrogen-bond acceptors (Lipinski definition) is 2. The maximum atomic E-state index is 11.1. The molecule has 1 aromatic rings. The zero-order chi connectivity index (χ0) is 9.68. The summed E-state index contributed by atoms with van der Waals surface area (Å²) in [5.74, 6) is -0.291. The first-order chi connectivity index (χ1) is 6.18. The predicted molar refractivity (Wildman–Crippen MR) is 53.4 cm³/mol. The van der Waals surface area contributed by atoms with Crippen LogP contribution in [0.1, 0.15) is 13.8 Å². The molecule has 1 rings (SSSR count). The maximum Gasteiger partial charge on any atom is 0.299 e. The van der Waals surface area contributed by atoms with Gasteiger partial charge in [-0.1, -0.05) is 35.8 Å². The molecule has 0 aliphatic carbocycles. The minimum Gasteiger partial charge on any atom is -0.471 e. The van der Waals surface area contributed by atoms with E-state index in [1.54, 1.807) is 0 Å². The maximum absolute atomic E-state index is 11.1. The van der Waals surface area contributed by atoms with Gasteiger partial charge in [0.25, 0.3) is 13.1 Å². The lowest BCUT2D eigenvalue weighted by molar-refractivity contribution is 0.140. The summed E-state index contributed by atoms with van der Waals surface area (Å²) in [6, 6.07) is 9.40. The zero-order valence-electron chi connectivity index (χ0n) is 7.86. The van der Waals surface area contributed by atoms with Crippen molar-refractivity contribution in [2.75, 3.05) is 0 Å². The van der Waals surface area contributed by atoms with Crippen molar-refractivity contribution in [1.29, 1.82) is 0 Å². The minimum absolute atomic E-state index is 0.0625. The summed E-state index contributed by atoms with van der Waals surface area (Å²) >= 11 is 0. The Morgan fingerprint density at radius 1 is 1.31 bits per heavy atom. The van der Waals surface area contributed by atoms with Gasteiger partial charge in [0.15, 0.2) is 0 Å². The molecule has 0 unspecified atom stereocenters. The van der Waals surface area contributed by atoms with Crippen LogP contribution in [0.25, 0.3) is 0 Å². The Morgan fingerprint density at radius 2 is 1.92 bits per heavy atom. The van der Waals surface area contributed by atoms with E-state index >= 15 is 0 Å². The van der Waals surface area contributed by atoms with Crippen LogP contribution >= 0.6 is 0 Å². The standard InChI is InChI=1S/C10H12BO2/c1-8(2)13-10(12)11-9-6-4-3-5-7-9/h3-8H,1-2H3. The Morgan fingerprint density at radius 3 is 2.46 bits per heavy atom. The van der Waals surface area contributed by atoms with Gasteiger partial charge in [0.1, 0.15) is 0 Å². The Balaban J connectivity index is 2.46. The molecule has 0 fully saturated rings. The molecule has 0 saturated carbocycles. The molecule has 2 nitrogen and oxygen atoms in total. The van der Waals surface area contributed by atoms with Gasteiger partial charge in [-0.2, -0.15) is 0 Å². The molecule has 0 N–H and O–H groups in total. The van der Waals surface area contributed by atoms with E-state index in [1.165, 1.54) is 7.28 Å². The van der Waals surface area contributed by atoms with Crippen molar-refractivity contribution in [3.05, 3.63) is 30.3 Å². The van der Waals surface area contributed by atoms with Crippen LogP contribution in [0, 0.1) is 0 Å². The molecule has 0 amide bonds. The summed E-state index contributed by atoms with van der Waals surface area (Å²) in [6.07, 6.45) is -0.0625. The van der Waals surface area contributed by atoms with E-state index in [9.17, 15) is 4.79 Å². The lowest BCUT2D eigenvalue weighted by Crippen LogP contribution is -2.26. The zero-order valence-corrected chi connectivity index (χ0v) is 7.86. The Labute approximate surface area is 79.2 Å². The normalized spacial score (nSPS) is 9.77. The van der Waals surface area contributed by atoms with Crippen molar-refractivity contribution in [2.45, 2.75) is 20.0 Å². The summed E-state index contributed by atoms with van der Waals surface area (Å²) in [5, 5.41) is 0. The molecule has 0 heterocycles. The SMILES string of the molecule is CC(C)OC(=O)[B]c1ccccc1. The molecular weight excluding hydrogens is 163 g/mol. The number of carbonyl (C=O) groups excluding carboxylic acids is 1. The molecule has 0 aliphatic rings. The molecule has 1 radical (unpaired) electrons. The van der Waals surface area contributed by atoms with Gasteiger partial charge in [-0.05, 0) is 13.8 Å². The third-order valence-corrected chi connectivity index (χ3v) is 1.44.